The van der Waals surface area contributed by atoms with Gasteiger partial charge in [-0.1, -0.05) is 13.0 Å². The molecule has 1 rings (SSSR count). The first kappa shape index (κ1) is 11.0. The first-order valence-corrected chi connectivity index (χ1v) is 5.52. The predicted octanol–water partition coefficient (Wildman–Crippen LogP) is 2.18. The van der Waals surface area contributed by atoms with Gasteiger partial charge in [-0.05, 0) is 18.1 Å². The Balaban J connectivity index is 2.44. The van der Waals surface area contributed by atoms with Gasteiger partial charge in [0.1, 0.15) is 5.25 Å². The van der Waals surface area contributed by atoms with Gasteiger partial charge in [-0.25, -0.2) is 0 Å². The van der Waals surface area contributed by atoms with Crippen molar-refractivity contribution in [1.82, 2.24) is 4.98 Å². The lowest BCUT2D eigenvalue weighted by molar-refractivity contribution is -0.136. The highest BCUT2D eigenvalue weighted by Crippen LogP contribution is 2.19. The van der Waals surface area contributed by atoms with Gasteiger partial charge in [0.15, 0.2) is 0 Å². The molecule has 0 spiro atoms. The average Bonchev–Trinajstić information content (AvgIpc) is 2.20. The van der Waals surface area contributed by atoms with E-state index >= 15 is 0 Å². The molecule has 0 aliphatic rings. The van der Waals surface area contributed by atoms with Gasteiger partial charge in [0, 0.05) is 18.1 Å². The number of rotatable bonds is 5. The number of aromatic nitrogens is 1. The second-order valence-electron chi connectivity index (χ2n) is 2.91. The summed E-state index contributed by atoms with van der Waals surface area (Å²) in [6, 6.07) is 3.81. The molecule has 14 heavy (non-hydrogen) atoms. The smallest absolute Gasteiger partial charge is 0.316 e. The molecule has 0 amide bonds. The Morgan fingerprint density at radius 2 is 2.50 bits per heavy atom. The molecule has 0 aliphatic heterocycles. The molecule has 0 bridgehead atoms. The van der Waals surface area contributed by atoms with Gasteiger partial charge in [0.2, 0.25) is 0 Å². The number of pyridine rings is 1. The van der Waals surface area contributed by atoms with Gasteiger partial charge in [0.25, 0.3) is 0 Å². The van der Waals surface area contributed by atoms with Crippen molar-refractivity contribution in [3.8, 4) is 0 Å². The summed E-state index contributed by atoms with van der Waals surface area (Å²) in [6.07, 6.45) is 4.13. The zero-order valence-electron chi connectivity index (χ0n) is 8.01. The van der Waals surface area contributed by atoms with Crippen molar-refractivity contribution in [2.24, 2.45) is 0 Å². The van der Waals surface area contributed by atoms with Crippen LogP contribution in [0.15, 0.2) is 24.5 Å². The van der Waals surface area contributed by atoms with Crippen LogP contribution in [0.1, 0.15) is 18.9 Å². The van der Waals surface area contributed by atoms with Crippen LogP contribution in [0.5, 0.6) is 0 Å². The number of carbonyl (C=O) groups is 1. The van der Waals surface area contributed by atoms with Crippen molar-refractivity contribution in [3.05, 3.63) is 30.1 Å². The van der Waals surface area contributed by atoms with E-state index in [1.54, 1.807) is 12.4 Å². The van der Waals surface area contributed by atoms with Crippen LogP contribution in [0.2, 0.25) is 0 Å². The van der Waals surface area contributed by atoms with E-state index in [1.165, 1.54) is 11.8 Å². The first-order chi connectivity index (χ1) is 6.74. The normalized spacial score (nSPS) is 12.4. The second kappa shape index (κ2) is 5.65. The lowest BCUT2D eigenvalue weighted by atomic mass is 10.3. The van der Waals surface area contributed by atoms with Gasteiger partial charge in [-0.3, -0.25) is 9.78 Å². The average molecular weight is 211 g/mol. The maximum Gasteiger partial charge on any atom is 0.316 e. The highest BCUT2D eigenvalue weighted by atomic mass is 32.2. The van der Waals surface area contributed by atoms with Crippen LogP contribution >= 0.6 is 11.8 Å². The molecule has 0 aliphatic carbocycles. The predicted molar refractivity (Wildman–Crippen MR) is 57.2 cm³/mol. The third-order valence-electron chi connectivity index (χ3n) is 1.82. The first-order valence-electron chi connectivity index (χ1n) is 4.47. The number of hydrogen-bond acceptors (Lipinski definition) is 3. The molecule has 0 aromatic carbocycles. The summed E-state index contributed by atoms with van der Waals surface area (Å²) in [5.41, 5.74) is 1.07. The number of hydrogen-bond donors (Lipinski definition) is 1. The lowest BCUT2D eigenvalue weighted by Crippen LogP contribution is -2.15. The quantitative estimate of drug-likeness (QED) is 0.811. The van der Waals surface area contributed by atoms with Crippen LogP contribution < -0.4 is 0 Å². The van der Waals surface area contributed by atoms with E-state index in [2.05, 4.69) is 4.98 Å². The third-order valence-corrected chi connectivity index (χ3v) is 3.26. The van der Waals surface area contributed by atoms with E-state index in [4.69, 9.17) is 5.11 Å². The van der Waals surface area contributed by atoms with Gasteiger partial charge in [-0.15, -0.1) is 11.8 Å². The fourth-order valence-electron chi connectivity index (χ4n) is 1.04. The summed E-state index contributed by atoms with van der Waals surface area (Å²) < 4.78 is 0. The Bertz CT molecular complexity index is 289. The van der Waals surface area contributed by atoms with E-state index in [1.807, 2.05) is 19.1 Å². The molecule has 0 radical (unpaired) electrons. The van der Waals surface area contributed by atoms with Crippen LogP contribution in [-0.2, 0) is 10.5 Å². The summed E-state index contributed by atoms with van der Waals surface area (Å²) >= 11 is 1.44. The van der Waals surface area contributed by atoms with E-state index in [-0.39, 0.29) is 5.25 Å². The van der Waals surface area contributed by atoms with Crippen molar-refractivity contribution in [2.75, 3.05) is 0 Å². The second-order valence-corrected chi connectivity index (χ2v) is 4.10. The van der Waals surface area contributed by atoms with Gasteiger partial charge < -0.3 is 5.11 Å². The fraction of sp³-hybridized carbons (Fsp3) is 0.400. The Labute approximate surface area is 87.6 Å². The molecule has 3 nitrogen and oxygen atoms in total. The topological polar surface area (TPSA) is 50.2 Å². The number of carboxylic acids is 1. The molecule has 0 fully saturated rings. The van der Waals surface area contributed by atoms with Gasteiger partial charge >= 0.3 is 5.97 Å². The molecule has 1 atom stereocenters. The molecule has 1 heterocycles. The van der Waals surface area contributed by atoms with Gasteiger partial charge in [-0.2, -0.15) is 0 Å². The minimum atomic E-state index is -0.735. The van der Waals surface area contributed by atoms with E-state index < -0.39 is 5.97 Å². The molecule has 0 saturated carbocycles. The molecule has 0 saturated heterocycles. The SMILES string of the molecule is CCC(SCc1cccnc1)C(=O)O. The molecular formula is C10H13NO2S. The van der Waals surface area contributed by atoms with Crippen LogP contribution in [0.25, 0.3) is 0 Å². The Hall–Kier alpha value is -1.03. The summed E-state index contributed by atoms with van der Waals surface area (Å²) in [5.74, 6) is -0.0278. The molecule has 1 unspecified atom stereocenters. The summed E-state index contributed by atoms with van der Waals surface area (Å²) in [6.45, 7) is 1.88. The minimum Gasteiger partial charge on any atom is -0.480 e. The highest BCUT2D eigenvalue weighted by molar-refractivity contribution is 7.99. The molecule has 76 valence electrons. The van der Waals surface area contributed by atoms with Crippen molar-refractivity contribution >= 4 is 17.7 Å². The summed E-state index contributed by atoms with van der Waals surface area (Å²) in [5, 5.41) is 8.50. The molecule has 1 aromatic heterocycles. The number of aliphatic carboxylic acids is 1. The van der Waals surface area contributed by atoms with Crippen LogP contribution in [0.4, 0.5) is 0 Å². The maximum absolute atomic E-state index is 10.7. The molecule has 1 aromatic rings. The van der Waals surface area contributed by atoms with Crippen molar-refractivity contribution in [1.29, 1.82) is 0 Å². The number of nitrogens with zero attached hydrogens (tertiary/aromatic N) is 1. The van der Waals surface area contributed by atoms with Gasteiger partial charge in [0.05, 0.1) is 0 Å². The summed E-state index contributed by atoms with van der Waals surface area (Å²) in [4.78, 5) is 14.7. The highest BCUT2D eigenvalue weighted by Gasteiger charge is 2.14. The number of carboxylic acid groups (broad SMARTS) is 1. The fourth-order valence-corrected chi connectivity index (χ4v) is 1.99. The van der Waals surface area contributed by atoms with E-state index in [0.717, 1.165) is 5.56 Å². The maximum atomic E-state index is 10.7. The zero-order valence-corrected chi connectivity index (χ0v) is 8.83. The Morgan fingerprint density at radius 3 is 3.00 bits per heavy atom. The number of thioether (sulfide) groups is 1. The zero-order chi connectivity index (χ0) is 10.4. The monoisotopic (exact) mass is 211 g/mol. The largest absolute Gasteiger partial charge is 0.480 e. The van der Waals surface area contributed by atoms with Crippen molar-refractivity contribution < 1.29 is 9.90 Å². The Kier molecular flexibility index (Phi) is 4.46. The summed E-state index contributed by atoms with van der Waals surface area (Å²) in [7, 11) is 0. The third kappa shape index (κ3) is 3.38. The van der Waals surface area contributed by atoms with Crippen LogP contribution in [0.3, 0.4) is 0 Å². The van der Waals surface area contributed by atoms with Crippen LogP contribution in [-0.4, -0.2) is 21.3 Å². The van der Waals surface area contributed by atoms with E-state index in [9.17, 15) is 4.79 Å². The molecular weight excluding hydrogens is 198 g/mol. The van der Waals surface area contributed by atoms with E-state index in [0.29, 0.717) is 12.2 Å². The Morgan fingerprint density at radius 1 is 1.71 bits per heavy atom. The van der Waals surface area contributed by atoms with Crippen LogP contribution in [0, 0.1) is 0 Å². The standard InChI is InChI=1S/C10H13NO2S/c1-2-9(10(12)13)14-7-8-4-3-5-11-6-8/h3-6,9H,2,7H2,1H3,(H,12,13). The minimum absolute atomic E-state index is 0.310. The van der Waals surface area contributed by atoms with Crippen molar-refractivity contribution in [3.63, 3.8) is 0 Å². The molecule has 4 heteroatoms. The van der Waals surface area contributed by atoms with Crippen molar-refractivity contribution in [2.45, 2.75) is 24.3 Å². The molecule has 1 N–H and O–H groups in total. The lowest BCUT2D eigenvalue weighted by Gasteiger charge is -2.08.